The summed E-state index contributed by atoms with van der Waals surface area (Å²) in [6.07, 6.45) is 0. The van der Waals surface area contributed by atoms with E-state index in [0.717, 1.165) is 9.87 Å². The van der Waals surface area contributed by atoms with Crippen molar-refractivity contribution in [3.05, 3.63) is 77.3 Å². The second kappa shape index (κ2) is 10.6. The summed E-state index contributed by atoms with van der Waals surface area (Å²) in [7, 11) is -2.53. The molecule has 0 aromatic heterocycles. The van der Waals surface area contributed by atoms with Gasteiger partial charge in [-0.25, -0.2) is 8.42 Å². The Kier molecular flexibility index (Phi) is 7.84. The van der Waals surface area contributed by atoms with Gasteiger partial charge in [-0.3, -0.25) is 9.10 Å². The fourth-order valence-corrected chi connectivity index (χ4v) is 4.78. The molecule has 3 aromatic carbocycles. The van der Waals surface area contributed by atoms with Crippen molar-refractivity contribution < 1.29 is 22.7 Å². The zero-order valence-corrected chi connectivity index (χ0v) is 20.1. The molecular weight excluding hydrogens is 464 g/mol. The van der Waals surface area contributed by atoms with E-state index in [4.69, 9.17) is 21.1 Å². The molecule has 0 spiro atoms. The smallest absolute Gasteiger partial charge is 0.264 e. The second-order valence-electron chi connectivity index (χ2n) is 7.15. The number of methoxy groups -OCH3 is 1. The van der Waals surface area contributed by atoms with Crippen LogP contribution in [0.5, 0.6) is 11.5 Å². The Morgan fingerprint density at radius 2 is 1.70 bits per heavy atom. The molecule has 174 valence electrons. The maximum atomic E-state index is 13.5. The van der Waals surface area contributed by atoms with Crippen LogP contribution < -0.4 is 19.1 Å². The molecule has 0 unspecified atom stereocenters. The van der Waals surface area contributed by atoms with Gasteiger partial charge in [0.25, 0.3) is 10.0 Å². The number of benzene rings is 3. The number of amides is 1. The van der Waals surface area contributed by atoms with Gasteiger partial charge in [-0.15, -0.1) is 0 Å². The predicted molar refractivity (Wildman–Crippen MR) is 130 cm³/mol. The summed E-state index contributed by atoms with van der Waals surface area (Å²) in [4.78, 5) is 12.9. The molecule has 0 saturated carbocycles. The van der Waals surface area contributed by atoms with E-state index in [2.05, 4.69) is 5.32 Å². The number of carbonyl (C=O) groups is 1. The average molecular weight is 489 g/mol. The number of nitrogens with zero attached hydrogens (tertiary/aromatic N) is 1. The number of halogens is 1. The first-order chi connectivity index (χ1) is 15.7. The first-order valence-electron chi connectivity index (χ1n) is 10.2. The minimum absolute atomic E-state index is 0.0854. The summed E-state index contributed by atoms with van der Waals surface area (Å²) in [6, 6.07) is 17.8. The van der Waals surface area contributed by atoms with Crippen LogP contribution in [0.4, 0.5) is 11.4 Å². The van der Waals surface area contributed by atoms with E-state index < -0.39 is 22.5 Å². The molecule has 0 saturated heterocycles. The average Bonchev–Trinajstić information content (AvgIpc) is 2.79. The van der Waals surface area contributed by atoms with Gasteiger partial charge in [-0.2, -0.15) is 0 Å². The molecular formula is C24H25ClN2O5S. The Labute approximate surface area is 198 Å². The minimum atomic E-state index is -4.02. The van der Waals surface area contributed by atoms with E-state index in [1.165, 1.54) is 25.3 Å². The SMILES string of the molecule is CCOc1ccc(N(CC(=O)Nc2ccc(OC)c(Cl)c2)S(=O)(=O)c2ccc(C)cc2)cc1. The van der Waals surface area contributed by atoms with Gasteiger partial charge in [0.2, 0.25) is 5.91 Å². The van der Waals surface area contributed by atoms with Gasteiger partial charge < -0.3 is 14.8 Å². The van der Waals surface area contributed by atoms with E-state index >= 15 is 0 Å². The van der Waals surface area contributed by atoms with Crippen molar-refractivity contribution in [2.75, 3.05) is 29.9 Å². The molecule has 0 fully saturated rings. The van der Waals surface area contributed by atoms with Crippen LogP contribution in [0, 0.1) is 6.92 Å². The third kappa shape index (κ3) is 5.97. The fraction of sp³-hybridized carbons (Fsp3) is 0.208. The Morgan fingerprint density at radius 3 is 2.27 bits per heavy atom. The Bertz CT molecular complexity index is 1210. The highest BCUT2D eigenvalue weighted by Crippen LogP contribution is 2.28. The van der Waals surface area contributed by atoms with Gasteiger partial charge in [0.15, 0.2) is 0 Å². The van der Waals surface area contributed by atoms with Crippen LogP contribution in [0.3, 0.4) is 0 Å². The van der Waals surface area contributed by atoms with Gasteiger partial charge in [0, 0.05) is 5.69 Å². The maximum absolute atomic E-state index is 13.5. The molecule has 3 rings (SSSR count). The van der Waals surface area contributed by atoms with Gasteiger partial charge in [0.1, 0.15) is 18.0 Å². The van der Waals surface area contributed by atoms with E-state index in [0.29, 0.717) is 34.5 Å². The summed E-state index contributed by atoms with van der Waals surface area (Å²) in [5, 5.41) is 3.01. The molecule has 0 atom stereocenters. The second-order valence-corrected chi connectivity index (χ2v) is 9.42. The van der Waals surface area contributed by atoms with Crippen LogP contribution in [0.1, 0.15) is 12.5 Å². The monoisotopic (exact) mass is 488 g/mol. The summed E-state index contributed by atoms with van der Waals surface area (Å²) < 4.78 is 38.5. The van der Waals surface area contributed by atoms with E-state index in [1.807, 2.05) is 13.8 Å². The fourth-order valence-electron chi connectivity index (χ4n) is 3.10. The molecule has 7 nitrogen and oxygen atoms in total. The van der Waals surface area contributed by atoms with Gasteiger partial charge in [-0.05, 0) is 68.4 Å². The van der Waals surface area contributed by atoms with Crippen molar-refractivity contribution in [1.29, 1.82) is 0 Å². The Morgan fingerprint density at radius 1 is 1.03 bits per heavy atom. The summed E-state index contributed by atoms with van der Waals surface area (Å²) >= 11 is 6.13. The van der Waals surface area contributed by atoms with Crippen molar-refractivity contribution in [3.63, 3.8) is 0 Å². The zero-order valence-electron chi connectivity index (χ0n) is 18.5. The number of hydrogen-bond acceptors (Lipinski definition) is 5. The molecule has 9 heteroatoms. The molecule has 3 aromatic rings. The highest BCUT2D eigenvalue weighted by Gasteiger charge is 2.27. The predicted octanol–water partition coefficient (Wildman–Crippen LogP) is 4.89. The number of sulfonamides is 1. The molecule has 0 aliphatic carbocycles. The van der Waals surface area contributed by atoms with Gasteiger partial charge >= 0.3 is 0 Å². The number of nitrogens with one attached hydrogen (secondary N) is 1. The molecule has 1 N–H and O–H groups in total. The summed E-state index contributed by atoms with van der Waals surface area (Å²) in [6.45, 7) is 3.78. The number of rotatable bonds is 9. The maximum Gasteiger partial charge on any atom is 0.264 e. The van der Waals surface area contributed by atoms with E-state index in [9.17, 15) is 13.2 Å². The molecule has 1 amide bonds. The number of anilines is 2. The van der Waals surface area contributed by atoms with Crippen molar-refractivity contribution >= 4 is 38.9 Å². The molecule has 0 aliphatic rings. The lowest BCUT2D eigenvalue weighted by atomic mass is 10.2. The van der Waals surface area contributed by atoms with Gasteiger partial charge in [0.05, 0.1) is 29.3 Å². The van der Waals surface area contributed by atoms with Crippen LogP contribution in [-0.2, 0) is 14.8 Å². The Balaban J connectivity index is 1.91. The topological polar surface area (TPSA) is 84.9 Å². The lowest BCUT2D eigenvalue weighted by Crippen LogP contribution is -2.38. The van der Waals surface area contributed by atoms with Crippen LogP contribution in [0.2, 0.25) is 5.02 Å². The lowest BCUT2D eigenvalue weighted by molar-refractivity contribution is -0.114. The summed E-state index contributed by atoms with van der Waals surface area (Å²) in [5.74, 6) is 0.541. The summed E-state index contributed by atoms with van der Waals surface area (Å²) in [5.41, 5.74) is 1.68. The number of carbonyl (C=O) groups excluding carboxylic acids is 1. The third-order valence-corrected chi connectivity index (χ3v) is 6.85. The first-order valence-corrected chi connectivity index (χ1v) is 12.0. The van der Waals surface area contributed by atoms with Crippen molar-refractivity contribution in [2.45, 2.75) is 18.7 Å². The quantitative estimate of drug-likeness (QED) is 0.463. The first kappa shape index (κ1) is 24.4. The van der Waals surface area contributed by atoms with E-state index in [-0.39, 0.29) is 4.90 Å². The van der Waals surface area contributed by atoms with Crippen molar-refractivity contribution in [3.8, 4) is 11.5 Å². The van der Waals surface area contributed by atoms with Crippen molar-refractivity contribution in [1.82, 2.24) is 0 Å². The number of hydrogen-bond donors (Lipinski definition) is 1. The standard InChI is InChI=1S/C24H25ClN2O5S/c1-4-32-20-10-8-19(9-11-20)27(33(29,30)21-12-5-17(2)6-13-21)16-24(28)26-18-7-14-23(31-3)22(25)15-18/h5-15H,4,16H2,1-3H3,(H,26,28). The zero-order chi connectivity index (χ0) is 24.0. The van der Waals surface area contributed by atoms with Gasteiger partial charge in [-0.1, -0.05) is 29.3 Å². The van der Waals surface area contributed by atoms with Crippen molar-refractivity contribution in [2.24, 2.45) is 0 Å². The van der Waals surface area contributed by atoms with E-state index in [1.54, 1.807) is 48.5 Å². The third-order valence-electron chi connectivity index (χ3n) is 4.77. The van der Waals surface area contributed by atoms with Crippen LogP contribution in [0.15, 0.2) is 71.6 Å². The number of ether oxygens (including phenoxy) is 2. The highest BCUT2D eigenvalue weighted by atomic mass is 35.5. The lowest BCUT2D eigenvalue weighted by Gasteiger charge is -2.24. The molecule has 0 heterocycles. The molecule has 0 radical (unpaired) electrons. The van der Waals surface area contributed by atoms with Crippen LogP contribution in [0.25, 0.3) is 0 Å². The Hall–Kier alpha value is -3.23. The highest BCUT2D eigenvalue weighted by molar-refractivity contribution is 7.92. The van der Waals surface area contributed by atoms with Crippen LogP contribution >= 0.6 is 11.6 Å². The molecule has 0 aliphatic heterocycles. The largest absolute Gasteiger partial charge is 0.495 e. The molecule has 33 heavy (non-hydrogen) atoms. The van der Waals surface area contributed by atoms with Crippen LogP contribution in [-0.4, -0.2) is 34.6 Å². The minimum Gasteiger partial charge on any atom is -0.495 e. The normalized spacial score (nSPS) is 11.0. The number of aryl methyl sites for hydroxylation is 1. The molecule has 0 bridgehead atoms.